The van der Waals surface area contributed by atoms with E-state index < -0.39 is 0 Å². The average Bonchev–Trinajstić information content (AvgIpc) is 2.96. The van der Waals surface area contributed by atoms with Crippen molar-refractivity contribution in [3.05, 3.63) is 10.0 Å². The van der Waals surface area contributed by atoms with Gasteiger partial charge in [0.2, 0.25) is 0 Å². The minimum absolute atomic E-state index is 0.748. The Bertz CT molecular complexity index is 383. The van der Waals surface area contributed by atoms with Gasteiger partial charge < -0.3 is 10.1 Å². The van der Waals surface area contributed by atoms with Crippen molar-refractivity contribution in [2.24, 2.45) is 11.8 Å². The lowest BCUT2D eigenvalue weighted by molar-refractivity contribution is 0.199. The number of nitrogens with one attached hydrogen (secondary N) is 1. The minimum atomic E-state index is 0.748. The molecule has 0 radical (unpaired) electrons. The maximum atomic E-state index is 5.00. The molecule has 4 nitrogen and oxygen atoms in total. The maximum absolute atomic E-state index is 5.00. The molecule has 0 aromatic carbocycles. The van der Waals surface area contributed by atoms with E-state index in [0.29, 0.717) is 0 Å². The van der Waals surface area contributed by atoms with Crippen LogP contribution in [0.15, 0.2) is 0 Å². The van der Waals surface area contributed by atoms with Crippen LogP contribution in [0.25, 0.3) is 0 Å². The standard InChI is InChI=1S/C13H21N3OS/c1-17-7-6-14-8-11-15-16-13(18-11)12-9-4-2-3-5-10(9)12/h9-10,12,14H,2-8H2,1H3. The van der Waals surface area contributed by atoms with Gasteiger partial charge in [-0.05, 0) is 24.7 Å². The van der Waals surface area contributed by atoms with E-state index in [1.165, 1.54) is 30.7 Å². The predicted octanol–water partition coefficient (Wildman–Crippen LogP) is 2.18. The molecule has 100 valence electrons. The Balaban J connectivity index is 1.51. The summed E-state index contributed by atoms with van der Waals surface area (Å²) in [5.74, 6) is 2.61. The molecule has 0 bridgehead atoms. The fourth-order valence-electron chi connectivity index (χ4n) is 3.20. The zero-order valence-corrected chi connectivity index (χ0v) is 11.7. The van der Waals surface area contributed by atoms with Gasteiger partial charge in [0.25, 0.3) is 0 Å². The first-order valence-corrected chi connectivity index (χ1v) is 7.73. The van der Waals surface area contributed by atoms with Gasteiger partial charge in [0.1, 0.15) is 10.0 Å². The molecule has 0 spiro atoms. The molecule has 2 fully saturated rings. The van der Waals surface area contributed by atoms with E-state index in [-0.39, 0.29) is 0 Å². The van der Waals surface area contributed by atoms with Crippen molar-refractivity contribution in [2.45, 2.75) is 38.1 Å². The van der Waals surface area contributed by atoms with Crippen LogP contribution in [-0.2, 0) is 11.3 Å². The first kappa shape index (κ1) is 12.5. The molecule has 1 N–H and O–H groups in total. The predicted molar refractivity (Wildman–Crippen MR) is 71.7 cm³/mol. The second-order valence-corrected chi connectivity index (χ2v) is 6.44. The van der Waals surface area contributed by atoms with Gasteiger partial charge >= 0.3 is 0 Å². The Morgan fingerprint density at radius 1 is 1.28 bits per heavy atom. The van der Waals surface area contributed by atoms with Crippen LogP contribution in [0.2, 0.25) is 0 Å². The Hall–Kier alpha value is -0.520. The highest BCUT2D eigenvalue weighted by molar-refractivity contribution is 7.11. The van der Waals surface area contributed by atoms with Crippen LogP contribution in [-0.4, -0.2) is 30.5 Å². The lowest BCUT2D eigenvalue weighted by Crippen LogP contribution is -2.18. The molecule has 2 aliphatic rings. The van der Waals surface area contributed by atoms with E-state index in [9.17, 15) is 0 Å². The second-order valence-electron chi connectivity index (χ2n) is 5.34. The van der Waals surface area contributed by atoms with Gasteiger partial charge in [0.05, 0.1) is 6.61 Å². The van der Waals surface area contributed by atoms with E-state index in [1.807, 2.05) is 0 Å². The molecule has 1 aromatic rings. The molecule has 2 aliphatic carbocycles. The SMILES string of the molecule is COCCNCc1nnc(C2C3CCCCC32)s1. The number of hydrogen-bond acceptors (Lipinski definition) is 5. The van der Waals surface area contributed by atoms with Crippen LogP contribution in [0.1, 0.15) is 41.6 Å². The summed E-state index contributed by atoms with van der Waals surface area (Å²) in [5, 5.41) is 14.4. The quantitative estimate of drug-likeness (QED) is 0.803. The van der Waals surface area contributed by atoms with Gasteiger partial charge in [0.15, 0.2) is 0 Å². The zero-order valence-electron chi connectivity index (χ0n) is 10.9. The molecule has 2 atom stereocenters. The fraction of sp³-hybridized carbons (Fsp3) is 0.846. The van der Waals surface area contributed by atoms with Crippen molar-refractivity contribution in [1.82, 2.24) is 15.5 Å². The van der Waals surface area contributed by atoms with Gasteiger partial charge in [-0.1, -0.05) is 24.2 Å². The van der Waals surface area contributed by atoms with Gasteiger partial charge in [-0.3, -0.25) is 0 Å². The molecule has 1 heterocycles. The lowest BCUT2D eigenvalue weighted by Gasteiger charge is -2.04. The largest absolute Gasteiger partial charge is 0.383 e. The zero-order chi connectivity index (χ0) is 12.4. The number of rotatable bonds is 6. The van der Waals surface area contributed by atoms with Crippen molar-refractivity contribution < 1.29 is 4.74 Å². The molecule has 5 heteroatoms. The maximum Gasteiger partial charge on any atom is 0.131 e. The first-order chi connectivity index (χ1) is 8.90. The van der Waals surface area contributed by atoms with Crippen LogP contribution < -0.4 is 5.32 Å². The normalized spacial score (nSPS) is 30.2. The third kappa shape index (κ3) is 2.58. The first-order valence-electron chi connectivity index (χ1n) is 6.92. The average molecular weight is 267 g/mol. The summed E-state index contributed by atoms with van der Waals surface area (Å²) < 4.78 is 5.00. The van der Waals surface area contributed by atoms with E-state index in [1.54, 1.807) is 18.4 Å². The molecule has 2 unspecified atom stereocenters. The van der Waals surface area contributed by atoms with Crippen molar-refractivity contribution >= 4 is 11.3 Å². The number of nitrogens with zero attached hydrogens (tertiary/aromatic N) is 2. The van der Waals surface area contributed by atoms with E-state index in [4.69, 9.17) is 4.74 Å². The molecular formula is C13H21N3OS. The monoisotopic (exact) mass is 267 g/mol. The van der Waals surface area contributed by atoms with Crippen LogP contribution in [0.4, 0.5) is 0 Å². The van der Waals surface area contributed by atoms with Crippen LogP contribution in [0, 0.1) is 11.8 Å². The molecule has 0 saturated heterocycles. The van der Waals surface area contributed by atoms with Crippen LogP contribution in [0.3, 0.4) is 0 Å². The highest BCUT2D eigenvalue weighted by Crippen LogP contribution is 2.61. The molecule has 0 amide bonds. The Kier molecular flexibility index (Phi) is 3.91. The Morgan fingerprint density at radius 2 is 2.06 bits per heavy atom. The fourth-order valence-corrected chi connectivity index (χ4v) is 4.27. The number of methoxy groups -OCH3 is 1. The summed E-state index contributed by atoms with van der Waals surface area (Å²) in [7, 11) is 1.72. The minimum Gasteiger partial charge on any atom is -0.383 e. The van der Waals surface area contributed by atoms with E-state index in [2.05, 4.69) is 15.5 Å². The van der Waals surface area contributed by atoms with Crippen LogP contribution in [0.5, 0.6) is 0 Å². The third-order valence-electron chi connectivity index (χ3n) is 4.18. The molecule has 18 heavy (non-hydrogen) atoms. The van der Waals surface area contributed by atoms with Gasteiger partial charge in [-0.2, -0.15) is 0 Å². The number of ether oxygens (including phenoxy) is 1. The Labute approximate surface area is 112 Å². The van der Waals surface area contributed by atoms with Gasteiger partial charge in [-0.25, -0.2) is 0 Å². The van der Waals surface area contributed by atoms with Crippen molar-refractivity contribution in [1.29, 1.82) is 0 Å². The third-order valence-corrected chi connectivity index (χ3v) is 5.21. The molecule has 3 rings (SSSR count). The van der Waals surface area contributed by atoms with Crippen molar-refractivity contribution in [3.8, 4) is 0 Å². The molecular weight excluding hydrogens is 246 g/mol. The van der Waals surface area contributed by atoms with Gasteiger partial charge in [0, 0.05) is 26.1 Å². The van der Waals surface area contributed by atoms with Crippen molar-refractivity contribution in [2.75, 3.05) is 20.3 Å². The summed E-state index contributed by atoms with van der Waals surface area (Å²) in [5.41, 5.74) is 0. The van der Waals surface area contributed by atoms with E-state index >= 15 is 0 Å². The summed E-state index contributed by atoms with van der Waals surface area (Å²) in [6.45, 7) is 2.45. The summed E-state index contributed by atoms with van der Waals surface area (Å²) in [4.78, 5) is 0. The summed E-state index contributed by atoms with van der Waals surface area (Å²) >= 11 is 1.80. The number of hydrogen-bond donors (Lipinski definition) is 1. The number of fused-ring (bicyclic) bond motifs is 1. The summed E-state index contributed by atoms with van der Waals surface area (Å²) in [6, 6.07) is 0. The second kappa shape index (κ2) is 5.63. The summed E-state index contributed by atoms with van der Waals surface area (Å²) in [6.07, 6.45) is 5.66. The molecule has 0 aliphatic heterocycles. The highest BCUT2D eigenvalue weighted by atomic mass is 32.1. The Morgan fingerprint density at radius 3 is 2.78 bits per heavy atom. The van der Waals surface area contributed by atoms with E-state index in [0.717, 1.165) is 42.5 Å². The topological polar surface area (TPSA) is 47.0 Å². The lowest BCUT2D eigenvalue weighted by atomic mass is 10.0. The smallest absolute Gasteiger partial charge is 0.131 e. The molecule has 2 saturated carbocycles. The molecule has 1 aromatic heterocycles. The highest BCUT2D eigenvalue weighted by Gasteiger charge is 2.53. The van der Waals surface area contributed by atoms with Gasteiger partial charge in [-0.15, -0.1) is 10.2 Å². The number of aromatic nitrogens is 2. The van der Waals surface area contributed by atoms with Crippen molar-refractivity contribution in [3.63, 3.8) is 0 Å². The van der Waals surface area contributed by atoms with Crippen LogP contribution >= 0.6 is 11.3 Å².